The quantitative estimate of drug-likeness (QED) is 0.215. The summed E-state index contributed by atoms with van der Waals surface area (Å²) in [6, 6.07) is 41.4. The second-order valence-corrected chi connectivity index (χ2v) is 11.1. The number of hydrogen-bond acceptors (Lipinski definition) is 2. The highest BCUT2D eigenvalue weighted by Gasteiger charge is 2.26. The van der Waals surface area contributed by atoms with Gasteiger partial charge in [0.25, 0.3) is 0 Å². The maximum Gasteiger partial charge on any atom is 0.235 e. The second kappa shape index (κ2) is 7.38. The Labute approximate surface area is 234 Å². The zero-order valence-electron chi connectivity index (χ0n) is 22.3. The maximum atomic E-state index is 5.16. The molecule has 0 radical (unpaired) electrons. The smallest absolute Gasteiger partial charge is 0.235 e. The molecule has 4 nitrogen and oxygen atoms in total. The lowest BCUT2D eigenvalue weighted by Crippen LogP contribution is -2.03. The van der Waals surface area contributed by atoms with Gasteiger partial charge < -0.3 is 4.40 Å². The Balaban J connectivity index is 1.56. The molecule has 0 bridgehead atoms. The number of hydrogen-bond donors (Lipinski definition) is 0. The third-order valence-electron chi connectivity index (χ3n) is 8.97. The molecule has 10 rings (SSSR count). The van der Waals surface area contributed by atoms with Gasteiger partial charge in [-0.05, 0) is 48.0 Å². The highest BCUT2D eigenvalue weighted by molar-refractivity contribution is 6.37. The van der Waals surface area contributed by atoms with E-state index in [0.29, 0.717) is 5.95 Å². The summed E-state index contributed by atoms with van der Waals surface area (Å²) in [5.74, 6) is 0.708. The molecule has 41 heavy (non-hydrogen) atoms. The summed E-state index contributed by atoms with van der Waals surface area (Å²) in [6.07, 6.45) is 0. The van der Waals surface area contributed by atoms with Gasteiger partial charge in [0.2, 0.25) is 5.95 Å². The van der Waals surface area contributed by atoms with E-state index in [0.717, 1.165) is 27.6 Å². The SMILES string of the molecule is Cc1nc(-n2c3ccccc3c3cc4c5ccccc5n5c6ccc7ccccc7c6c(c32)c45)nc2ccccc12. The molecule has 190 valence electrons. The van der Waals surface area contributed by atoms with E-state index in [4.69, 9.17) is 9.97 Å². The summed E-state index contributed by atoms with van der Waals surface area (Å²) < 4.78 is 4.77. The standard InChI is InChI=1S/C37H22N4/c1-21-23-11-4-7-15-29(23)39-37(38-21)41-31-17-9-6-14-26(31)28-20-27-25-13-5-8-16-30(25)40-32-19-18-22-10-2-3-12-24(22)33(32)34(35(27)40)36(28)41/h2-20H,1H3. The van der Waals surface area contributed by atoms with Crippen LogP contribution in [0.15, 0.2) is 115 Å². The monoisotopic (exact) mass is 522 g/mol. The third-order valence-corrected chi connectivity index (χ3v) is 8.97. The number of fused-ring (bicyclic) bond motifs is 13. The second-order valence-electron chi connectivity index (χ2n) is 11.1. The molecule has 6 aromatic carbocycles. The normalized spacial score (nSPS) is 12.5. The Kier molecular flexibility index (Phi) is 3.84. The van der Waals surface area contributed by atoms with Crippen LogP contribution in [0.25, 0.3) is 87.5 Å². The van der Waals surface area contributed by atoms with Crippen LogP contribution in [0.3, 0.4) is 0 Å². The molecule has 0 aliphatic heterocycles. The van der Waals surface area contributed by atoms with E-state index < -0.39 is 0 Å². The summed E-state index contributed by atoms with van der Waals surface area (Å²) in [5.41, 5.74) is 7.93. The van der Waals surface area contributed by atoms with Crippen molar-refractivity contribution in [2.45, 2.75) is 6.92 Å². The Hall–Kier alpha value is -5.48. The molecule has 0 fully saturated rings. The van der Waals surface area contributed by atoms with E-state index in [1.165, 1.54) is 59.6 Å². The van der Waals surface area contributed by atoms with E-state index in [-0.39, 0.29) is 0 Å². The van der Waals surface area contributed by atoms with Crippen LogP contribution >= 0.6 is 0 Å². The summed E-state index contributed by atoms with van der Waals surface area (Å²) >= 11 is 0. The van der Waals surface area contributed by atoms with Gasteiger partial charge in [-0.15, -0.1) is 0 Å². The average Bonchev–Trinajstić information content (AvgIpc) is 3.65. The zero-order chi connectivity index (χ0) is 26.8. The summed E-state index contributed by atoms with van der Waals surface area (Å²) in [4.78, 5) is 10.3. The summed E-state index contributed by atoms with van der Waals surface area (Å²) in [6.45, 7) is 2.08. The van der Waals surface area contributed by atoms with E-state index >= 15 is 0 Å². The van der Waals surface area contributed by atoms with Crippen molar-refractivity contribution < 1.29 is 0 Å². The molecule has 10 aromatic rings. The van der Waals surface area contributed by atoms with Crippen LogP contribution in [0.5, 0.6) is 0 Å². The average molecular weight is 523 g/mol. The predicted molar refractivity (Wildman–Crippen MR) is 171 cm³/mol. The van der Waals surface area contributed by atoms with Crippen molar-refractivity contribution in [3.63, 3.8) is 0 Å². The molecule has 0 unspecified atom stereocenters. The van der Waals surface area contributed by atoms with Crippen molar-refractivity contribution in [2.24, 2.45) is 0 Å². The van der Waals surface area contributed by atoms with Crippen LogP contribution in [-0.2, 0) is 0 Å². The highest BCUT2D eigenvalue weighted by atomic mass is 15.2. The lowest BCUT2D eigenvalue weighted by Gasteiger charge is -2.10. The molecule has 4 aromatic heterocycles. The molecule has 0 aliphatic rings. The Morgan fingerprint density at radius 1 is 0.488 bits per heavy atom. The molecule has 0 aliphatic carbocycles. The first-order chi connectivity index (χ1) is 20.3. The molecular weight excluding hydrogens is 500 g/mol. The highest BCUT2D eigenvalue weighted by Crippen LogP contribution is 2.47. The van der Waals surface area contributed by atoms with Gasteiger partial charge in [-0.25, -0.2) is 9.97 Å². The van der Waals surface area contributed by atoms with Crippen molar-refractivity contribution in [1.82, 2.24) is 18.9 Å². The van der Waals surface area contributed by atoms with Gasteiger partial charge in [-0.2, -0.15) is 0 Å². The van der Waals surface area contributed by atoms with Gasteiger partial charge in [0, 0.05) is 37.7 Å². The first-order valence-corrected chi connectivity index (χ1v) is 14.0. The van der Waals surface area contributed by atoms with E-state index in [2.05, 4.69) is 125 Å². The Morgan fingerprint density at radius 3 is 2.00 bits per heavy atom. The van der Waals surface area contributed by atoms with Crippen LogP contribution in [0, 0.1) is 6.92 Å². The molecule has 4 heterocycles. The molecule has 0 N–H and O–H groups in total. The van der Waals surface area contributed by atoms with Gasteiger partial charge in [0.15, 0.2) is 0 Å². The van der Waals surface area contributed by atoms with Crippen molar-refractivity contribution in [3.05, 3.63) is 121 Å². The zero-order valence-corrected chi connectivity index (χ0v) is 22.3. The maximum absolute atomic E-state index is 5.16. The minimum atomic E-state index is 0.708. The fraction of sp³-hybridized carbons (Fsp3) is 0.0270. The van der Waals surface area contributed by atoms with Gasteiger partial charge in [0.05, 0.1) is 38.8 Å². The summed E-state index contributed by atoms with van der Waals surface area (Å²) in [7, 11) is 0. The Bertz CT molecular complexity index is 2710. The number of benzene rings is 6. The fourth-order valence-corrected chi connectivity index (χ4v) is 7.30. The first kappa shape index (κ1) is 21.4. The van der Waals surface area contributed by atoms with Crippen molar-refractivity contribution in [3.8, 4) is 5.95 Å². The predicted octanol–water partition coefficient (Wildman–Crippen LogP) is 9.34. The lowest BCUT2D eigenvalue weighted by molar-refractivity contribution is 0.991. The fourth-order valence-electron chi connectivity index (χ4n) is 7.30. The molecule has 0 saturated carbocycles. The topological polar surface area (TPSA) is 35.1 Å². The Morgan fingerprint density at radius 2 is 1.15 bits per heavy atom. The number of rotatable bonds is 1. The summed E-state index contributed by atoms with van der Waals surface area (Å²) in [5, 5.41) is 11.1. The molecule has 4 heteroatoms. The van der Waals surface area contributed by atoms with Gasteiger partial charge in [0.1, 0.15) is 0 Å². The number of aryl methyl sites for hydroxylation is 1. The van der Waals surface area contributed by atoms with Crippen molar-refractivity contribution in [2.75, 3.05) is 0 Å². The largest absolute Gasteiger partial charge is 0.308 e. The minimum Gasteiger partial charge on any atom is -0.308 e. The van der Waals surface area contributed by atoms with E-state index in [1.807, 2.05) is 6.07 Å². The number of nitrogens with zero attached hydrogens (tertiary/aromatic N) is 4. The molecule has 0 atom stereocenters. The van der Waals surface area contributed by atoms with Crippen molar-refractivity contribution in [1.29, 1.82) is 0 Å². The first-order valence-electron chi connectivity index (χ1n) is 14.0. The van der Waals surface area contributed by atoms with Crippen LogP contribution in [0.2, 0.25) is 0 Å². The number of para-hydroxylation sites is 3. The van der Waals surface area contributed by atoms with Gasteiger partial charge >= 0.3 is 0 Å². The van der Waals surface area contributed by atoms with E-state index in [9.17, 15) is 0 Å². The van der Waals surface area contributed by atoms with Crippen LogP contribution in [0.4, 0.5) is 0 Å². The third kappa shape index (κ3) is 2.56. The molecule has 0 saturated heterocycles. The van der Waals surface area contributed by atoms with Gasteiger partial charge in [-0.3, -0.25) is 4.57 Å². The minimum absolute atomic E-state index is 0.708. The van der Waals surface area contributed by atoms with Crippen LogP contribution < -0.4 is 0 Å². The van der Waals surface area contributed by atoms with Crippen molar-refractivity contribution >= 4 is 81.6 Å². The molecule has 0 spiro atoms. The molecular formula is C37H22N4. The van der Waals surface area contributed by atoms with E-state index in [1.54, 1.807) is 0 Å². The van der Waals surface area contributed by atoms with Gasteiger partial charge in [-0.1, -0.05) is 84.9 Å². The lowest BCUT2D eigenvalue weighted by atomic mass is 10.00. The molecule has 0 amide bonds. The number of aromatic nitrogens is 4. The van der Waals surface area contributed by atoms with Crippen LogP contribution in [0.1, 0.15) is 5.69 Å². The van der Waals surface area contributed by atoms with Crippen LogP contribution in [-0.4, -0.2) is 18.9 Å².